The minimum Gasteiger partial charge on any atom is -0.368 e. The van der Waals surface area contributed by atoms with Crippen LogP contribution in [0.5, 0.6) is 0 Å². The Labute approximate surface area is 154 Å². The van der Waals surface area contributed by atoms with Gasteiger partial charge in [-0.05, 0) is 25.5 Å². The van der Waals surface area contributed by atoms with Crippen molar-refractivity contribution in [2.75, 3.05) is 13.1 Å². The van der Waals surface area contributed by atoms with E-state index in [0.717, 1.165) is 5.56 Å². The third-order valence-corrected chi connectivity index (χ3v) is 4.80. The zero-order chi connectivity index (χ0) is 18.5. The molecular weight excluding hydrogens is 331 g/mol. The molecule has 2 aromatic rings. The number of carbonyl (C=O) groups is 1. The summed E-state index contributed by atoms with van der Waals surface area (Å²) >= 11 is 0. The van der Waals surface area contributed by atoms with Crippen molar-refractivity contribution >= 4 is 5.91 Å². The lowest BCUT2D eigenvalue weighted by Crippen LogP contribution is -2.52. The molecule has 0 aromatic heterocycles. The molecule has 1 amide bonds. The van der Waals surface area contributed by atoms with Gasteiger partial charge in [0.1, 0.15) is 5.82 Å². The maximum Gasteiger partial charge on any atom is 0.237 e. The zero-order valence-electron chi connectivity index (χ0n) is 15.2. The predicted octanol–water partition coefficient (Wildman–Crippen LogP) is 3.29. The molecule has 0 saturated carbocycles. The average molecular weight is 356 g/mol. The predicted molar refractivity (Wildman–Crippen MR) is 99.0 cm³/mol. The minimum absolute atomic E-state index is 0.0378. The average Bonchev–Trinajstić information content (AvgIpc) is 2.66. The SMILES string of the molecule is CC1CN(C(C)C(=O)NCc2ccccc2F)CC(c2ccccc2)O1. The Morgan fingerprint density at radius 3 is 2.62 bits per heavy atom. The molecule has 1 saturated heterocycles. The number of amides is 1. The third-order valence-electron chi connectivity index (χ3n) is 4.80. The van der Waals surface area contributed by atoms with Gasteiger partial charge in [-0.1, -0.05) is 48.5 Å². The number of halogens is 1. The van der Waals surface area contributed by atoms with Crippen molar-refractivity contribution in [3.05, 3.63) is 71.5 Å². The van der Waals surface area contributed by atoms with E-state index >= 15 is 0 Å². The Hall–Kier alpha value is -2.24. The van der Waals surface area contributed by atoms with E-state index in [1.807, 2.05) is 44.2 Å². The molecule has 0 aliphatic carbocycles. The minimum atomic E-state index is -0.306. The van der Waals surface area contributed by atoms with Gasteiger partial charge in [0.25, 0.3) is 0 Å². The molecule has 26 heavy (non-hydrogen) atoms. The van der Waals surface area contributed by atoms with E-state index in [-0.39, 0.29) is 36.5 Å². The first-order chi connectivity index (χ1) is 12.5. The van der Waals surface area contributed by atoms with Gasteiger partial charge in [-0.25, -0.2) is 4.39 Å². The number of nitrogens with zero attached hydrogens (tertiary/aromatic N) is 1. The van der Waals surface area contributed by atoms with Gasteiger partial charge in [-0.15, -0.1) is 0 Å². The van der Waals surface area contributed by atoms with Crippen LogP contribution in [0.4, 0.5) is 4.39 Å². The van der Waals surface area contributed by atoms with Crippen LogP contribution in [-0.4, -0.2) is 36.0 Å². The van der Waals surface area contributed by atoms with E-state index in [2.05, 4.69) is 10.2 Å². The second-order valence-electron chi connectivity index (χ2n) is 6.79. The molecule has 1 aliphatic heterocycles. The lowest BCUT2D eigenvalue weighted by molar-refractivity contribution is -0.133. The second kappa shape index (κ2) is 8.43. The van der Waals surface area contributed by atoms with Gasteiger partial charge in [0.05, 0.1) is 18.2 Å². The number of carbonyl (C=O) groups excluding carboxylic acids is 1. The summed E-state index contributed by atoms with van der Waals surface area (Å²) in [6.45, 7) is 5.45. The summed E-state index contributed by atoms with van der Waals surface area (Å²) in [5.74, 6) is -0.404. The molecule has 2 aromatic carbocycles. The first-order valence-electron chi connectivity index (χ1n) is 9.00. The molecule has 0 spiro atoms. The summed E-state index contributed by atoms with van der Waals surface area (Å²) in [7, 11) is 0. The fourth-order valence-electron chi connectivity index (χ4n) is 3.29. The normalized spacial score (nSPS) is 22.0. The van der Waals surface area contributed by atoms with Crippen LogP contribution >= 0.6 is 0 Å². The first kappa shape index (κ1) is 18.5. The quantitative estimate of drug-likeness (QED) is 0.894. The number of ether oxygens (including phenoxy) is 1. The number of hydrogen-bond donors (Lipinski definition) is 1. The Morgan fingerprint density at radius 2 is 1.88 bits per heavy atom. The standard InChI is InChI=1S/C21H25FN2O2/c1-15-13-24(14-20(26-15)17-8-4-3-5-9-17)16(2)21(25)23-12-18-10-6-7-11-19(18)22/h3-11,15-16,20H,12-14H2,1-2H3,(H,23,25). The molecule has 3 unspecified atom stereocenters. The molecule has 1 N–H and O–H groups in total. The smallest absolute Gasteiger partial charge is 0.237 e. The largest absolute Gasteiger partial charge is 0.368 e. The van der Waals surface area contributed by atoms with Gasteiger partial charge >= 0.3 is 0 Å². The lowest BCUT2D eigenvalue weighted by atomic mass is 10.1. The molecule has 3 rings (SSSR count). The summed E-state index contributed by atoms with van der Waals surface area (Å²) < 4.78 is 19.8. The van der Waals surface area contributed by atoms with Gasteiger partial charge in [-0.3, -0.25) is 9.69 Å². The Balaban J connectivity index is 1.61. The van der Waals surface area contributed by atoms with Crippen LogP contribution in [-0.2, 0) is 16.1 Å². The summed E-state index contributed by atoms with van der Waals surface area (Å²) in [6, 6.07) is 16.2. The van der Waals surface area contributed by atoms with Crippen LogP contribution in [0.1, 0.15) is 31.1 Å². The molecule has 1 aliphatic rings. The van der Waals surface area contributed by atoms with Gasteiger partial charge in [0.15, 0.2) is 0 Å². The molecule has 138 valence electrons. The molecule has 0 bridgehead atoms. The van der Waals surface area contributed by atoms with Gasteiger partial charge in [-0.2, -0.15) is 0 Å². The van der Waals surface area contributed by atoms with E-state index in [9.17, 15) is 9.18 Å². The highest BCUT2D eigenvalue weighted by molar-refractivity contribution is 5.81. The van der Waals surface area contributed by atoms with Crippen molar-refractivity contribution in [2.45, 2.75) is 38.6 Å². The van der Waals surface area contributed by atoms with Gasteiger partial charge in [0, 0.05) is 25.2 Å². The van der Waals surface area contributed by atoms with E-state index in [0.29, 0.717) is 18.7 Å². The Kier molecular flexibility index (Phi) is 6.01. The zero-order valence-corrected chi connectivity index (χ0v) is 15.2. The van der Waals surface area contributed by atoms with Gasteiger partial charge < -0.3 is 10.1 Å². The van der Waals surface area contributed by atoms with Crippen molar-refractivity contribution in [1.82, 2.24) is 10.2 Å². The van der Waals surface area contributed by atoms with Crippen molar-refractivity contribution in [3.63, 3.8) is 0 Å². The number of nitrogens with one attached hydrogen (secondary N) is 1. The maximum absolute atomic E-state index is 13.7. The molecule has 3 atom stereocenters. The van der Waals surface area contributed by atoms with Crippen LogP contribution < -0.4 is 5.32 Å². The van der Waals surface area contributed by atoms with E-state index < -0.39 is 0 Å². The van der Waals surface area contributed by atoms with Crippen LogP contribution in [0.25, 0.3) is 0 Å². The molecule has 4 nitrogen and oxygen atoms in total. The number of hydrogen-bond acceptors (Lipinski definition) is 3. The number of morpholine rings is 1. The highest BCUT2D eigenvalue weighted by Gasteiger charge is 2.31. The third kappa shape index (κ3) is 4.48. The van der Waals surface area contributed by atoms with E-state index in [4.69, 9.17) is 4.74 Å². The van der Waals surface area contributed by atoms with Gasteiger partial charge in [0.2, 0.25) is 5.91 Å². The summed E-state index contributed by atoms with van der Waals surface area (Å²) in [6.07, 6.45) is -0.0162. The highest BCUT2D eigenvalue weighted by Crippen LogP contribution is 2.26. The molecule has 5 heteroatoms. The topological polar surface area (TPSA) is 41.6 Å². The molecule has 1 fully saturated rings. The molecule has 0 radical (unpaired) electrons. The molecular formula is C21H25FN2O2. The maximum atomic E-state index is 13.7. The van der Waals surface area contributed by atoms with E-state index in [1.54, 1.807) is 18.2 Å². The van der Waals surface area contributed by atoms with Crippen LogP contribution in [0, 0.1) is 5.82 Å². The van der Waals surface area contributed by atoms with Crippen LogP contribution in [0.2, 0.25) is 0 Å². The van der Waals surface area contributed by atoms with E-state index in [1.165, 1.54) is 6.07 Å². The highest BCUT2D eigenvalue weighted by atomic mass is 19.1. The molecule has 1 heterocycles. The van der Waals surface area contributed by atoms with Crippen molar-refractivity contribution in [3.8, 4) is 0 Å². The van der Waals surface area contributed by atoms with Crippen molar-refractivity contribution < 1.29 is 13.9 Å². The second-order valence-corrected chi connectivity index (χ2v) is 6.79. The first-order valence-corrected chi connectivity index (χ1v) is 9.00. The van der Waals surface area contributed by atoms with Crippen LogP contribution in [0.15, 0.2) is 54.6 Å². The summed E-state index contributed by atoms with van der Waals surface area (Å²) in [5.41, 5.74) is 1.61. The number of rotatable bonds is 5. The fraction of sp³-hybridized carbons (Fsp3) is 0.381. The summed E-state index contributed by atoms with van der Waals surface area (Å²) in [5, 5.41) is 2.84. The lowest BCUT2D eigenvalue weighted by Gasteiger charge is -2.39. The Morgan fingerprint density at radius 1 is 1.19 bits per heavy atom. The fourth-order valence-corrected chi connectivity index (χ4v) is 3.29. The monoisotopic (exact) mass is 356 g/mol. The van der Waals surface area contributed by atoms with Crippen molar-refractivity contribution in [2.24, 2.45) is 0 Å². The summed E-state index contributed by atoms with van der Waals surface area (Å²) in [4.78, 5) is 14.7. The number of benzene rings is 2. The van der Waals surface area contributed by atoms with Crippen molar-refractivity contribution in [1.29, 1.82) is 0 Å². The Bertz CT molecular complexity index is 738. The van der Waals surface area contributed by atoms with Crippen LogP contribution in [0.3, 0.4) is 0 Å².